The van der Waals surface area contributed by atoms with Crippen LogP contribution in [0.4, 0.5) is 0 Å². The molecule has 16 heavy (non-hydrogen) atoms. The summed E-state index contributed by atoms with van der Waals surface area (Å²) in [6.45, 7) is 1.94. The van der Waals surface area contributed by atoms with Gasteiger partial charge in [-0.15, -0.1) is 11.3 Å². The summed E-state index contributed by atoms with van der Waals surface area (Å²) >= 11 is 1.07. The number of hydrogen-bond donors (Lipinski definition) is 2. The van der Waals surface area contributed by atoms with Crippen LogP contribution in [0.5, 0.6) is 5.75 Å². The number of aliphatic carboxylic acids is 1. The van der Waals surface area contributed by atoms with E-state index in [2.05, 4.69) is 0 Å². The standard InChI is InChI=1S/C11H14O4S/c1-2-3-4-7(11(14)15)9(13)10-8(12)5-6-16-10/h5-7,12H,2-4H2,1H3,(H,14,15). The molecule has 0 aromatic carbocycles. The molecule has 1 aromatic heterocycles. The molecule has 0 aliphatic heterocycles. The van der Waals surface area contributed by atoms with Gasteiger partial charge < -0.3 is 10.2 Å². The fraction of sp³-hybridized carbons (Fsp3) is 0.455. The van der Waals surface area contributed by atoms with Crippen molar-refractivity contribution in [1.29, 1.82) is 0 Å². The highest BCUT2D eigenvalue weighted by atomic mass is 32.1. The number of carboxylic acid groups (broad SMARTS) is 1. The highest BCUT2D eigenvalue weighted by Crippen LogP contribution is 2.27. The molecule has 0 fully saturated rings. The molecule has 0 saturated carbocycles. The Kier molecular flexibility index (Phi) is 4.49. The molecule has 0 saturated heterocycles. The molecule has 2 N–H and O–H groups in total. The molecule has 1 heterocycles. The molecular formula is C11H14O4S. The Hall–Kier alpha value is -1.36. The Balaban J connectivity index is 2.83. The molecule has 1 aromatic rings. The lowest BCUT2D eigenvalue weighted by Gasteiger charge is -2.09. The van der Waals surface area contributed by atoms with E-state index in [0.717, 1.165) is 17.8 Å². The van der Waals surface area contributed by atoms with E-state index in [1.54, 1.807) is 5.38 Å². The average Bonchev–Trinajstić information content (AvgIpc) is 2.64. The van der Waals surface area contributed by atoms with E-state index in [1.807, 2.05) is 6.92 Å². The molecular weight excluding hydrogens is 228 g/mol. The van der Waals surface area contributed by atoms with Gasteiger partial charge in [-0.2, -0.15) is 0 Å². The number of carboxylic acids is 1. The van der Waals surface area contributed by atoms with Crippen LogP contribution < -0.4 is 0 Å². The van der Waals surface area contributed by atoms with Crippen molar-refractivity contribution in [2.75, 3.05) is 0 Å². The Labute approximate surface area is 97.5 Å². The summed E-state index contributed by atoms with van der Waals surface area (Å²) in [6, 6.07) is 1.40. The predicted molar refractivity (Wildman–Crippen MR) is 61.0 cm³/mol. The second kappa shape index (κ2) is 5.65. The molecule has 0 radical (unpaired) electrons. The van der Waals surface area contributed by atoms with Crippen molar-refractivity contribution >= 4 is 23.1 Å². The number of thiophene rings is 1. The molecule has 0 spiro atoms. The first-order valence-corrected chi connectivity index (χ1v) is 5.99. The third kappa shape index (κ3) is 2.82. The molecule has 0 amide bonds. The fourth-order valence-corrected chi connectivity index (χ4v) is 2.20. The van der Waals surface area contributed by atoms with Crippen LogP contribution >= 0.6 is 11.3 Å². The Morgan fingerprint density at radius 2 is 2.19 bits per heavy atom. The van der Waals surface area contributed by atoms with Crippen molar-refractivity contribution in [3.8, 4) is 5.75 Å². The normalized spacial score (nSPS) is 12.3. The van der Waals surface area contributed by atoms with Crippen molar-refractivity contribution in [1.82, 2.24) is 0 Å². The number of ketones is 1. The lowest BCUT2D eigenvalue weighted by molar-refractivity contribution is -0.140. The van der Waals surface area contributed by atoms with Gasteiger partial charge in [0.25, 0.3) is 0 Å². The van der Waals surface area contributed by atoms with Crippen molar-refractivity contribution in [3.63, 3.8) is 0 Å². The van der Waals surface area contributed by atoms with Gasteiger partial charge in [0.2, 0.25) is 0 Å². The molecule has 4 nitrogen and oxygen atoms in total. The van der Waals surface area contributed by atoms with Crippen molar-refractivity contribution in [2.45, 2.75) is 26.2 Å². The van der Waals surface area contributed by atoms with Gasteiger partial charge in [0.1, 0.15) is 16.5 Å². The van der Waals surface area contributed by atoms with E-state index in [4.69, 9.17) is 5.11 Å². The summed E-state index contributed by atoms with van der Waals surface area (Å²) in [6.07, 6.45) is 1.85. The first-order valence-electron chi connectivity index (χ1n) is 5.11. The summed E-state index contributed by atoms with van der Waals surface area (Å²) in [7, 11) is 0. The fourth-order valence-electron chi connectivity index (χ4n) is 1.42. The summed E-state index contributed by atoms with van der Waals surface area (Å²) < 4.78 is 0. The number of aromatic hydroxyl groups is 1. The van der Waals surface area contributed by atoms with Gasteiger partial charge in [-0.3, -0.25) is 9.59 Å². The molecule has 1 rings (SSSR count). The van der Waals surface area contributed by atoms with E-state index in [-0.39, 0.29) is 10.6 Å². The molecule has 5 heteroatoms. The number of carbonyl (C=O) groups is 2. The highest BCUT2D eigenvalue weighted by Gasteiger charge is 2.29. The minimum atomic E-state index is -1.12. The SMILES string of the molecule is CCCCC(C(=O)O)C(=O)c1sccc1O. The van der Waals surface area contributed by atoms with Gasteiger partial charge in [-0.25, -0.2) is 0 Å². The van der Waals surface area contributed by atoms with E-state index in [9.17, 15) is 14.7 Å². The van der Waals surface area contributed by atoms with Crippen molar-refractivity contribution < 1.29 is 19.8 Å². The van der Waals surface area contributed by atoms with Gasteiger partial charge in [-0.05, 0) is 17.9 Å². The minimum Gasteiger partial charge on any atom is -0.506 e. The Morgan fingerprint density at radius 1 is 1.50 bits per heavy atom. The van der Waals surface area contributed by atoms with Gasteiger partial charge >= 0.3 is 5.97 Å². The van der Waals surface area contributed by atoms with E-state index in [1.165, 1.54) is 6.07 Å². The van der Waals surface area contributed by atoms with Crippen LogP contribution in [-0.2, 0) is 4.79 Å². The quantitative estimate of drug-likeness (QED) is 0.593. The third-order valence-electron chi connectivity index (χ3n) is 2.33. The van der Waals surface area contributed by atoms with Crippen LogP contribution in [0.3, 0.4) is 0 Å². The summed E-state index contributed by atoms with van der Waals surface area (Å²) in [4.78, 5) is 22.9. The summed E-state index contributed by atoms with van der Waals surface area (Å²) in [5.41, 5.74) is 0. The maximum Gasteiger partial charge on any atom is 0.314 e. The van der Waals surface area contributed by atoms with Crippen LogP contribution in [0.1, 0.15) is 35.9 Å². The first-order chi connectivity index (χ1) is 7.57. The third-order valence-corrected chi connectivity index (χ3v) is 3.25. The Bertz CT molecular complexity index is 383. The van der Waals surface area contributed by atoms with Crippen molar-refractivity contribution in [3.05, 3.63) is 16.3 Å². The Morgan fingerprint density at radius 3 is 2.62 bits per heavy atom. The molecule has 0 aliphatic carbocycles. The predicted octanol–water partition coefficient (Wildman–Crippen LogP) is 2.53. The number of Topliss-reactive ketones (excluding diaryl/α,β-unsaturated/α-hetero) is 1. The molecule has 88 valence electrons. The van der Waals surface area contributed by atoms with E-state index in [0.29, 0.717) is 12.8 Å². The van der Waals surface area contributed by atoms with Crippen LogP contribution in [0.15, 0.2) is 11.4 Å². The van der Waals surface area contributed by atoms with Crippen LogP contribution in [0.2, 0.25) is 0 Å². The first kappa shape index (κ1) is 12.7. The van der Waals surface area contributed by atoms with Gasteiger partial charge in [0.15, 0.2) is 5.78 Å². The van der Waals surface area contributed by atoms with Gasteiger partial charge in [0, 0.05) is 0 Å². The summed E-state index contributed by atoms with van der Waals surface area (Å²) in [5, 5.41) is 19.9. The molecule has 0 bridgehead atoms. The van der Waals surface area contributed by atoms with Crippen LogP contribution in [0.25, 0.3) is 0 Å². The van der Waals surface area contributed by atoms with E-state index < -0.39 is 17.7 Å². The molecule has 0 aliphatic rings. The van der Waals surface area contributed by atoms with Crippen molar-refractivity contribution in [2.24, 2.45) is 5.92 Å². The second-order valence-electron chi connectivity index (χ2n) is 3.53. The second-order valence-corrected chi connectivity index (χ2v) is 4.45. The number of hydrogen-bond acceptors (Lipinski definition) is 4. The maximum atomic E-state index is 11.8. The lowest BCUT2D eigenvalue weighted by Crippen LogP contribution is -2.23. The van der Waals surface area contributed by atoms with Crippen LogP contribution in [0, 0.1) is 5.92 Å². The van der Waals surface area contributed by atoms with Gasteiger partial charge in [-0.1, -0.05) is 19.8 Å². The number of rotatable bonds is 6. The monoisotopic (exact) mass is 242 g/mol. The zero-order valence-electron chi connectivity index (χ0n) is 8.97. The molecule has 1 unspecified atom stereocenters. The topological polar surface area (TPSA) is 74.6 Å². The smallest absolute Gasteiger partial charge is 0.314 e. The highest BCUT2D eigenvalue weighted by molar-refractivity contribution is 7.12. The zero-order valence-corrected chi connectivity index (χ0v) is 9.79. The maximum absolute atomic E-state index is 11.8. The number of carbonyl (C=O) groups excluding carboxylic acids is 1. The number of unbranched alkanes of at least 4 members (excludes halogenated alkanes) is 1. The largest absolute Gasteiger partial charge is 0.506 e. The van der Waals surface area contributed by atoms with Crippen LogP contribution in [-0.4, -0.2) is 22.0 Å². The molecule has 1 atom stereocenters. The zero-order chi connectivity index (χ0) is 12.1. The average molecular weight is 242 g/mol. The van der Waals surface area contributed by atoms with E-state index >= 15 is 0 Å². The lowest BCUT2D eigenvalue weighted by atomic mass is 9.96. The summed E-state index contributed by atoms with van der Waals surface area (Å²) in [5.74, 6) is -2.78. The minimum absolute atomic E-state index is 0.127. The van der Waals surface area contributed by atoms with Gasteiger partial charge in [0.05, 0.1) is 0 Å².